The molecule has 0 amide bonds. The third-order valence-electron chi connectivity index (χ3n) is 2.50. The molecule has 0 aliphatic carbocycles. The van der Waals surface area contributed by atoms with Crippen molar-refractivity contribution in [3.8, 4) is 5.75 Å². The number of furan rings is 1. The minimum atomic E-state index is -0.147. The van der Waals surface area contributed by atoms with Gasteiger partial charge >= 0.3 is 0 Å². The number of methoxy groups -OCH3 is 1. The van der Waals surface area contributed by atoms with Crippen LogP contribution in [-0.2, 0) is 0 Å². The van der Waals surface area contributed by atoms with Crippen LogP contribution in [0.4, 0.5) is 0 Å². The van der Waals surface area contributed by atoms with E-state index in [0.717, 1.165) is 17.1 Å². The van der Waals surface area contributed by atoms with Crippen molar-refractivity contribution in [2.75, 3.05) is 7.11 Å². The number of aryl methyl sites for hydroxylation is 1. The number of carbonyl (C=O) groups is 1. The van der Waals surface area contributed by atoms with Crippen LogP contribution in [0.25, 0.3) is 6.08 Å². The molecule has 2 rings (SSSR count). The van der Waals surface area contributed by atoms with Gasteiger partial charge in [0.15, 0.2) is 5.76 Å². The summed E-state index contributed by atoms with van der Waals surface area (Å²) in [6.45, 7) is 1.81. The molecular formula is C15H14O3. The number of hydrogen-bond donors (Lipinski definition) is 0. The number of carbonyl (C=O) groups excluding carboxylic acids is 1. The van der Waals surface area contributed by atoms with Gasteiger partial charge < -0.3 is 9.15 Å². The zero-order valence-corrected chi connectivity index (χ0v) is 10.3. The largest absolute Gasteiger partial charge is 0.497 e. The second-order valence-corrected chi connectivity index (χ2v) is 3.88. The molecule has 0 spiro atoms. The summed E-state index contributed by atoms with van der Waals surface area (Å²) in [6, 6.07) is 10.9. The normalized spacial score (nSPS) is 10.8. The van der Waals surface area contributed by atoms with Crippen LogP contribution in [0.3, 0.4) is 0 Å². The maximum atomic E-state index is 11.8. The van der Waals surface area contributed by atoms with Crippen LogP contribution in [0.15, 0.2) is 46.9 Å². The Kier molecular flexibility index (Phi) is 3.63. The van der Waals surface area contributed by atoms with Crippen molar-refractivity contribution in [1.29, 1.82) is 0 Å². The van der Waals surface area contributed by atoms with E-state index in [1.54, 1.807) is 25.3 Å². The zero-order chi connectivity index (χ0) is 13.0. The molecule has 0 atom stereocenters. The molecule has 18 heavy (non-hydrogen) atoms. The quantitative estimate of drug-likeness (QED) is 0.608. The number of allylic oxidation sites excluding steroid dienone is 1. The number of benzene rings is 1. The van der Waals surface area contributed by atoms with E-state index in [-0.39, 0.29) is 5.78 Å². The fourth-order valence-corrected chi connectivity index (χ4v) is 1.57. The van der Waals surface area contributed by atoms with Crippen LogP contribution < -0.4 is 4.74 Å². The van der Waals surface area contributed by atoms with Gasteiger partial charge in [-0.3, -0.25) is 4.79 Å². The van der Waals surface area contributed by atoms with E-state index in [1.165, 1.54) is 6.08 Å². The molecule has 0 N–H and O–H groups in total. The number of rotatable bonds is 4. The number of hydrogen-bond acceptors (Lipinski definition) is 3. The molecule has 1 aromatic heterocycles. The Morgan fingerprint density at radius 2 is 2.11 bits per heavy atom. The van der Waals surface area contributed by atoms with Gasteiger partial charge in [0, 0.05) is 0 Å². The van der Waals surface area contributed by atoms with E-state index < -0.39 is 0 Å². The number of ketones is 1. The van der Waals surface area contributed by atoms with Crippen LogP contribution in [0, 0.1) is 6.92 Å². The molecule has 0 aliphatic heterocycles. The molecule has 0 aliphatic rings. The Bertz CT molecular complexity index is 579. The van der Waals surface area contributed by atoms with Crippen LogP contribution >= 0.6 is 0 Å². The fourth-order valence-electron chi connectivity index (χ4n) is 1.57. The van der Waals surface area contributed by atoms with Crippen molar-refractivity contribution in [1.82, 2.24) is 0 Å². The predicted octanol–water partition coefficient (Wildman–Crippen LogP) is 3.49. The summed E-state index contributed by atoms with van der Waals surface area (Å²) < 4.78 is 10.4. The minimum Gasteiger partial charge on any atom is -0.497 e. The molecule has 0 radical (unpaired) electrons. The maximum absolute atomic E-state index is 11.8. The van der Waals surface area contributed by atoms with E-state index in [0.29, 0.717) is 5.76 Å². The van der Waals surface area contributed by atoms with Gasteiger partial charge in [-0.15, -0.1) is 0 Å². The van der Waals surface area contributed by atoms with Crippen molar-refractivity contribution in [3.05, 3.63) is 59.6 Å². The molecule has 92 valence electrons. The maximum Gasteiger partial charge on any atom is 0.221 e. The first-order valence-electron chi connectivity index (χ1n) is 5.62. The Labute approximate surface area is 106 Å². The minimum absolute atomic E-state index is 0.147. The molecule has 3 heteroatoms. The third kappa shape index (κ3) is 2.88. The van der Waals surface area contributed by atoms with Crippen molar-refractivity contribution in [2.45, 2.75) is 6.92 Å². The summed E-state index contributed by atoms with van der Waals surface area (Å²) in [5.41, 5.74) is 0.908. The summed E-state index contributed by atoms with van der Waals surface area (Å²) in [4.78, 5) is 11.8. The predicted molar refractivity (Wildman–Crippen MR) is 69.8 cm³/mol. The van der Waals surface area contributed by atoms with E-state index in [9.17, 15) is 4.79 Å². The lowest BCUT2D eigenvalue weighted by Gasteiger charge is -1.99. The van der Waals surface area contributed by atoms with Crippen LogP contribution in [0.2, 0.25) is 0 Å². The van der Waals surface area contributed by atoms with Crippen molar-refractivity contribution < 1.29 is 13.9 Å². The Hall–Kier alpha value is -2.29. The van der Waals surface area contributed by atoms with Gasteiger partial charge in [-0.05, 0) is 42.8 Å². The molecule has 3 nitrogen and oxygen atoms in total. The Morgan fingerprint density at radius 3 is 2.78 bits per heavy atom. The summed E-state index contributed by atoms with van der Waals surface area (Å²) in [5, 5.41) is 0. The van der Waals surface area contributed by atoms with Crippen LogP contribution in [0.5, 0.6) is 5.75 Å². The van der Waals surface area contributed by atoms with Gasteiger partial charge in [-0.25, -0.2) is 0 Å². The van der Waals surface area contributed by atoms with Crippen molar-refractivity contribution in [3.63, 3.8) is 0 Å². The highest BCUT2D eigenvalue weighted by molar-refractivity contribution is 6.04. The average Bonchev–Trinajstić information content (AvgIpc) is 2.83. The summed E-state index contributed by atoms with van der Waals surface area (Å²) >= 11 is 0. The Morgan fingerprint density at radius 1 is 1.28 bits per heavy atom. The van der Waals surface area contributed by atoms with Gasteiger partial charge in [0.2, 0.25) is 5.78 Å². The molecule has 2 aromatic rings. The number of ether oxygens (including phenoxy) is 1. The summed E-state index contributed by atoms with van der Waals surface area (Å²) in [7, 11) is 1.61. The molecule has 1 aromatic carbocycles. The van der Waals surface area contributed by atoms with Crippen molar-refractivity contribution >= 4 is 11.9 Å². The third-order valence-corrected chi connectivity index (χ3v) is 2.50. The second-order valence-electron chi connectivity index (χ2n) is 3.88. The average molecular weight is 242 g/mol. The van der Waals surface area contributed by atoms with Gasteiger partial charge in [-0.1, -0.05) is 18.2 Å². The van der Waals surface area contributed by atoms with Gasteiger partial charge in [-0.2, -0.15) is 0 Å². The lowest BCUT2D eigenvalue weighted by atomic mass is 10.1. The Balaban J connectivity index is 2.12. The SMILES string of the molecule is COc1cccc(/C=C/C(=O)c2ccc(C)o2)c1. The highest BCUT2D eigenvalue weighted by Crippen LogP contribution is 2.14. The molecule has 0 saturated heterocycles. The molecular weight excluding hydrogens is 228 g/mol. The molecule has 0 fully saturated rings. The van der Waals surface area contributed by atoms with E-state index in [1.807, 2.05) is 31.2 Å². The first kappa shape index (κ1) is 12.2. The standard InChI is InChI=1S/C15H14O3/c1-11-6-9-15(18-11)14(16)8-7-12-4-3-5-13(10-12)17-2/h3-10H,1-2H3/b8-7+. The van der Waals surface area contributed by atoms with Crippen LogP contribution in [-0.4, -0.2) is 12.9 Å². The topological polar surface area (TPSA) is 39.4 Å². The molecule has 0 bridgehead atoms. The second kappa shape index (κ2) is 5.36. The van der Waals surface area contributed by atoms with Crippen LogP contribution in [0.1, 0.15) is 21.9 Å². The van der Waals surface area contributed by atoms with Crippen molar-refractivity contribution in [2.24, 2.45) is 0 Å². The molecule has 0 unspecified atom stereocenters. The van der Waals surface area contributed by atoms with E-state index in [2.05, 4.69) is 0 Å². The first-order valence-corrected chi connectivity index (χ1v) is 5.62. The lowest BCUT2D eigenvalue weighted by Crippen LogP contribution is -1.90. The molecule has 1 heterocycles. The first-order chi connectivity index (χ1) is 8.69. The fraction of sp³-hybridized carbons (Fsp3) is 0.133. The monoisotopic (exact) mass is 242 g/mol. The zero-order valence-electron chi connectivity index (χ0n) is 10.3. The highest BCUT2D eigenvalue weighted by Gasteiger charge is 2.05. The van der Waals surface area contributed by atoms with Gasteiger partial charge in [0.1, 0.15) is 11.5 Å². The highest BCUT2D eigenvalue weighted by atomic mass is 16.5. The summed E-state index contributed by atoms with van der Waals surface area (Å²) in [6.07, 6.45) is 3.23. The van der Waals surface area contributed by atoms with E-state index in [4.69, 9.17) is 9.15 Å². The lowest BCUT2D eigenvalue weighted by molar-refractivity contribution is 0.102. The van der Waals surface area contributed by atoms with Gasteiger partial charge in [0.05, 0.1) is 7.11 Å². The van der Waals surface area contributed by atoms with Gasteiger partial charge in [0.25, 0.3) is 0 Å². The molecule has 0 saturated carbocycles. The summed E-state index contributed by atoms with van der Waals surface area (Å²) in [5.74, 6) is 1.70. The van der Waals surface area contributed by atoms with E-state index >= 15 is 0 Å². The smallest absolute Gasteiger partial charge is 0.221 e.